The van der Waals surface area contributed by atoms with Gasteiger partial charge in [0.25, 0.3) is 0 Å². The SMILES string of the molecule is Cc1nc(-c2ccccc2)sc1C(C)C. The largest absolute Gasteiger partial charge is 0.241 e. The number of benzene rings is 1. The Morgan fingerprint density at radius 1 is 1.13 bits per heavy atom. The Bertz CT molecular complexity index is 443. The Balaban J connectivity index is 2.43. The van der Waals surface area contributed by atoms with Crippen LogP contribution in [0.2, 0.25) is 0 Å². The van der Waals surface area contributed by atoms with Gasteiger partial charge in [-0.15, -0.1) is 11.3 Å². The van der Waals surface area contributed by atoms with Crippen LogP contribution in [0.15, 0.2) is 30.3 Å². The third-order valence-electron chi connectivity index (χ3n) is 2.38. The van der Waals surface area contributed by atoms with Crippen molar-refractivity contribution < 1.29 is 0 Å². The summed E-state index contributed by atoms with van der Waals surface area (Å²) in [6.07, 6.45) is 0. The van der Waals surface area contributed by atoms with Gasteiger partial charge in [0, 0.05) is 10.4 Å². The molecule has 0 atom stereocenters. The van der Waals surface area contributed by atoms with Crippen LogP contribution in [-0.2, 0) is 0 Å². The minimum Gasteiger partial charge on any atom is -0.241 e. The molecule has 0 bridgehead atoms. The summed E-state index contributed by atoms with van der Waals surface area (Å²) in [5, 5.41) is 1.14. The maximum Gasteiger partial charge on any atom is 0.123 e. The maximum atomic E-state index is 4.62. The first-order valence-electron chi connectivity index (χ1n) is 5.21. The molecule has 2 heteroatoms. The van der Waals surface area contributed by atoms with Crippen molar-refractivity contribution in [1.29, 1.82) is 0 Å². The molecule has 0 fully saturated rings. The van der Waals surface area contributed by atoms with E-state index in [9.17, 15) is 0 Å². The summed E-state index contributed by atoms with van der Waals surface area (Å²) in [5.41, 5.74) is 2.39. The van der Waals surface area contributed by atoms with E-state index in [2.05, 4.69) is 50.0 Å². The molecule has 1 aromatic carbocycles. The fourth-order valence-electron chi connectivity index (χ4n) is 1.65. The van der Waals surface area contributed by atoms with Gasteiger partial charge < -0.3 is 0 Å². The molecule has 2 rings (SSSR count). The number of aryl methyl sites for hydroxylation is 1. The lowest BCUT2D eigenvalue weighted by atomic mass is 10.1. The van der Waals surface area contributed by atoms with Crippen LogP contribution in [0.4, 0.5) is 0 Å². The third kappa shape index (κ3) is 2.10. The summed E-state index contributed by atoms with van der Waals surface area (Å²) in [5.74, 6) is 0.569. The van der Waals surface area contributed by atoms with Crippen LogP contribution >= 0.6 is 11.3 Å². The molecule has 0 unspecified atom stereocenters. The first-order chi connectivity index (χ1) is 7.18. The van der Waals surface area contributed by atoms with Gasteiger partial charge in [-0.3, -0.25) is 0 Å². The second-order valence-electron chi connectivity index (χ2n) is 3.99. The highest BCUT2D eigenvalue weighted by atomic mass is 32.1. The smallest absolute Gasteiger partial charge is 0.123 e. The molecule has 0 spiro atoms. The van der Waals surface area contributed by atoms with Crippen molar-refractivity contribution in [3.05, 3.63) is 40.9 Å². The number of aromatic nitrogens is 1. The lowest BCUT2D eigenvalue weighted by Gasteiger charge is -1.99. The van der Waals surface area contributed by atoms with Gasteiger partial charge in [0.1, 0.15) is 5.01 Å². The number of rotatable bonds is 2. The average Bonchev–Trinajstić information content (AvgIpc) is 2.62. The summed E-state index contributed by atoms with van der Waals surface area (Å²) < 4.78 is 0. The van der Waals surface area contributed by atoms with E-state index in [4.69, 9.17) is 0 Å². The Morgan fingerprint density at radius 3 is 2.33 bits per heavy atom. The molecule has 2 aromatic rings. The molecule has 0 aliphatic heterocycles. The summed E-state index contributed by atoms with van der Waals surface area (Å²) in [4.78, 5) is 6.02. The van der Waals surface area contributed by atoms with Crippen LogP contribution in [0.3, 0.4) is 0 Å². The van der Waals surface area contributed by atoms with E-state index in [0.29, 0.717) is 5.92 Å². The number of hydrogen-bond acceptors (Lipinski definition) is 2. The number of thiazole rings is 1. The Morgan fingerprint density at radius 2 is 1.80 bits per heavy atom. The zero-order valence-corrected chi connectivity index (χ0v) is 10.1. The van der Waals surface area contributed by atoms with Gasteiger partial charge in [0.2, 0.25) is 0 Å². The maximum absolute atomic E-state index is 4.62. The third-order valence-corrected chi connectivity index (χ3v) is 3.88. The van der Waals surface area contributed by atoms with E-state index in [0.717, 1.165) is 5.01 Å². The molecular formula is C13H15NS. The molecule has 1 nitrogen and oxygen atoms in total. The predicted octanol–water partition coefficient (Wildman–Crippen LogP) is 4.24. The fraction of sp³-hybridized carbons (Fsp3) is 0.308. The average molecular weight is 217 g/mol. The van der Waals surface area contributed by atoms with Crippen LogP contribution in [0.25, 0.3) is 10.6 Å². The standard InChI is InChI=1S/C13H15NS/c1-9(2)12-10(3)14-13(15-12)11-7-5-4-6-8-11/h4-9H,1-3H3. The first-order valence-corrected chi connectivity index (χ1v) is 6.03. The van der Waals surface area contributed by atoms with Gasteiger partial charge in [-0.2, -0.15) is 0 Å². The van der Waals surface area contributed by atoms with E-state index in [1.54, 1.807) is 0 Å². The number of hydrogen-bond donors (Lipinski definition) is 0. The molecule has 1 heterocycles. The zero-order chi connectivity index (χ0) is 10.8. The van der Waals surface area contributed by atoms with Gasteiger partial charge in [-0.1, -0.05) is 44.2 Å². The van der Waals surface area contributed by atoms with Crippen molar-refractivity contribution in [3.8, 4) is 10.6 Å². The molecule has 0 saturated heterocycles. The molecule has 0 aliphatic carbocycles. The molecule has 0 amide bonds. The van der Waals surface area contributed by atoms with Crippen molar-refractivity contribution in [2.45, 2.75) is 26.7 Å². The Hall–Kier alpha value is -1.15. The highest BCUT2D eigenvalue weighted by molar-refractivity contribution is 7.15. The molecule has 15 heavy (non-hydrogen) atoms. The Kier molecular flexibility index (Phi) is 2.87. The number of nitrogens with zero attached hydrogens (tertiary/aromatic N) is 1. The molecule has 0 saturated carbocycles. The van der Waals surface area contributed by atoms with Gasteiger partial charge in [0.05, 0.1) is 5.69 Å². The molecule has 78 valence electrons. The van der Waals surface area contributed by atoms with E-state index < -0.39 is 0 Å². The summed E-state index contributed by atoms with van der Waals surface area (Å²) in [6.45, 7) is 6.53. The van der Waals surface area contributed by atoms with Crippen LogP contribution in [0.5, 0.6) is 0 Å². The minimum absolute atomic E-state index is 0.569. The van der Waals surface area contributed by atoms with Gasteiger partial charge >= 0.3 is 0 Å². The second-order valence-corrected chi connectivity index (χ2v) is 5.02. The van der Waals surface area contributed by atoms with Crippen molar-refractivity contribution in [1.82, 2.24) is 4.98 Å². The Labute approximate surface area is 94.8 Å². The second kappa shape index (κ2) is 4.15. The van der Waals surface area contributed by atoms with E-state index in [-0.39, 0.29) is 0 Å². The quantitative estimate of drug-likeness (QED) is 0.733. The molecule has 0 aliphatic rings. The van der Waals surface area contributed by atoms with E-state index in [1.807, 2.05) is 17.4 Å². The highest BCUT2D eigenvalue weighted by Gasteiger charge is 2.11. The summed E-state index contributed by atoms with van der Waals surface area (Å²) in [6, 6.07) is 10.4. The minimum atomic E-state index is 0.569. The normalized spacial score (nSPS) is 10.9. The van der Waals surface area contributed by atoms with E-state index >= 15 is 0 Å². The molecule has 1 aromatic heterocycles. The van der Waals surface area contributed by atoms with Gasteiger partial charge in [-0.25, -0.2) is 4.98 Å². The monoisotopic (exact) mass is 217 g/mol. The fourth-order valence-corrected chi connectivity index (χ4v) is 2.72. The zero-order valence-electron chi connectivity index (χ0n) is 9.32. The van der Waals surface area contributed by atoms with Gasteiger partial charge in [-0.05, 0) is 12.8 Å². The predicted molar refractivity (Wildman–Crippen MR) is 66.4 cm³/mol. The van der Waals surface area contributed by atoms with Gasteiger partial charge in [0.15, 0.2) is 0 Å². The van der Waals surface area contributed by atoms with Crippen molar-refractivity contribution in [2.24, 2.45) is 0 Å². The van der Waals surface area contributed by atoms with Crippen molar-refractivity contribution in [2.75, 3.05) is 0 Å². The van der Waals surface area contributed by atoms with Crippen molar-refractivity contribution >= 4 is 11.3 Å². The lowest BCUT2D eigenvalue weighted by Crippen LogP contribution is -1.84. The molecule has 0 radical (unpaired) electrons. The first kappa shape index (κ1) is 10.4. The van der Waals surface area contributed by atoms with Crippen molar-refractivity contribution in [3.63, 3.8) is 0 Å². The van der Waals surface area contributed by atoms with Crippen LogP contribution in [-0.4, -0.2) is 4.98 Å². The topological polar surface area (TPSA) is 12.9 Å². The summed E-state index contributed by atoms with van der Waals surface area (Å²) >= 11 is 1.81. The summed E-state index contributed by atoms with van der Waals surface area (Å²) in [7, 11) is 0. The molecular weight excluding hydrogens is 202 g/mol. The lowest BCUT2D eigenvalue weighted by molar-refractivity contribution is 0.873. The van der Waals surface area contributed by atoms with Crippen LogP contribution < -0.4 is 0 Å². The molecule has 0 N–H and O–H groups in total. The van der Waals surface area contributed by atoms with Crippen LogP contribution in [0, 0.1) is 6.92 Å². The highest BCUT2D eigenvalue weighted by Crippen LogP contribution is 2.31. The van der Waals surface area contributed by atoms with Crippen LogP contribution in [0.1, 0.15) is 30.3 Å². The van der Waals surface area contributed by atoms with E-state index in [1.165, 1.54) is 16.1 Å².